The molecule has 1 aromatic heterocycles. The van der Waals surface area contributed by atoms with Crippen molar-refractivity contribution < 1.29 is 19.0 Å². The molecule has 1 saturated carbocycles. The Kier molecular flexibility index (Phi) is 7.51. The van der Waals surface area contributed by atoms with Gasteiger partial charge in [-0.3, -0.25) is 9.59 Å². The Morgan fingerprint density at radius 3 is 2.49 bits per heavy atom. The van der Waals surface area contributed by atoms with Crippen LogP contribution in [0.4, 0.5) is 0 Å². The van der Waals surface area contributed by atoms with Crippen molar-refractivity contribution in [1.29, 1.82) is 0 Å². The lowest BCUT2D eigenvalue weighted by Gasteiger charge is -2.39. The van der Waals surface area contributed by atoms with E-state index in [9.17, 15) is 9.59 Å². The summed E-state index contributed by atoms with van der Waals surface area (Å²) in [6.07, 6.45) is 5.96. The van der Waals surface area contributed by atoms with E-state index in [4.69, 9.17) is 25.8 Å². The fraction of sp³-hybridized carbons (Fsp3) is 0.556. The van der Waals surface area contributed by atoms with Gasteiger partial charge in [0.2, 0.25) is 0 Å². The van der Waals surface area contributed by atoms with Crippen LogP contribution in [0.25, 0.3) is 0 Å². The molecule has 200 valence electrons. The third kappa shape index (κ3) is 5.24. The molecule has 37 heavy (non-hydrogen) atoms. The Morgan fingerprint density at radius 2 is 1.84 bits per heavy atom. The maximum absolute atomic E-state index is 13.2. The highest BCUT2D eigenvalue weighted by Gasteiger charge is 2.47. The number of rotatable bonds is 7. The van der Waals surface area contributed by atoms with E-state index in [1.807, 2.05) is 33.1 Å². The Bertz CT molecular complexity index is 1260. The molecule has 0 unspecified atom stereocenters. The number of hydrogen-bond donors (Lipinski definition) is 3. The van der Waals surface area contributed by atoms with E-state index >= 15 is 0 Å². The van der Waals surface area contributed by atoms with Gasteiger partial charge in [-0.2, -0.15) is 0 Å². The highest BCUT2D eigenvalue weighted by molar-refractivity contribution is 7.98. The number of H-pyrrole nitrogens is 1. The number of benzene rings is 1. The Morgan fingerprint density at radius 1 is 1.14 bits per heavy atom. The monoisotopic (exact) mass is 547 g/mol. The molecular weight excluding hydrogens is 514 g/mol. The van der Waals surface area contributed by atoms with Crippen LogP contribution in [0.2, 0.25) is 5.02 Å². The van der Waals surface area contributed by atoms with Crippen LogP contribution < -0.4 is 25.7 Å². The first kappa shape index (κ1) is 26.4. The Hall–Kier alpha value is -2.20. The second-order valence-corrected chi connectivity index (χ2v) is 11.6. The van der Waals surface area contributed by atoms with Gasteiger partial charge in [0, 0.05) is 52.7 Å². The van der Waals surface area contributed by atoms with Crippen LogP contribution in [0.5, 0.6) is 11.5 Å². The second-order valence-electron chi connectivity index (χ2n) is 10.4. The summed E-state index contributed by atoms with van der Waals surface area (Å²) >= 11 is 8.08. The van der Waals surface area contributed by atoms with Gasteiger partial charge in [0.15, 0.2) is 11.5 Å². The van der Waals surface area contributed by atoms with E-state index in [1.165, 1.54) is 11.8 Å². The molecular formula is C27H34ClN3O5S. The summed E-state index contributed by atoms with van der Waals surface area (Å²) in [4.78, 5) is 29.3. The van der Waals surface area contributed by atoms with E-state index in [0.29, 0.717) is 45.3 Å². The largest absolute Gasteiger partial charge is 0.448 e. The van der Waals surface area contributed by atoms with Gasteiger partial charge in [-0.15, -0.1) is 11.8 Å². The first-order valence-corrected chi connectivity index (χ1v) is 14.4. The minimum Gasteiger partial charge on any atom is -0.448 e. The van der Waals surface area contributed by atoms with Gasteiger partial charge in [0.25, 0.3) is 17.3 Å². The molecule has 2 aromatic rings. The Balaban J connectivity index is 1.28. The van der Waals surface area contributed by atoms with Gasteiger partial charge in [0.05, 0.1) is 24.3 Å². The lowest BCUT2D eigenvalue weighted by molar-refractivity contribution is -0.122. The van der Waals surface area contributed by atoms with Crippen molar-refractivity contribution >= 4 is 29.3 Å². The number of hydrogen-bond acceptors (Lipinski definition) is 7. The molecule has 0 spiro atoms. The van der Waals surface area contributed by atoms with Crippen LogP contribution in [-0.2, 0) is 11.3 Å². The van der Waals surface area contributed by atoms with Crippen molar-refractivity contribution in [3.63, 3.8) is 0 Å². The van der Waals surface area contributed by atoms with E-state index in [1.54, 1.807) is 6.07 Å². The first-order valence-electron chi connectivity index (χ1n) is 12.8. The van der Waals surface area contributed by atoms with Crippen molar-refractivity contribution in [3.05, 3.63) is 49.9 Å². The molecule has 10 heteroatoms. The number of pyridine rings is 1. The highest BCUT2D eigenvalue weighted by atomic mass is 35.5. The second kappa shape index (κ2) is 10.5. The highest BCUT2D eigenvalue weighted by Crippen LogP contribution is 2.51. The summed E-state index contributed by atoms with van der Waals surface area (Å²) in [6.45, 7) is 7.35. The fourth-order valence-electron chi connectivity index (χ4n) is 5.50. The van der Waals surface area contributed by atoms with Crippen molar-refractivity contribution in [3.8, 4) is 11.5 Å². The predicted molar refractivity (Wildman–Crippen MR) is 144 cm³/mol. The number of ether oxygens (including phenoxy) is 3. The molecule has 3 N–H and O–H groups in total. The Labute approximate surface area is 226 Å². The zero-order valence-electron chi connectivity index (χ0n) is 21.7. The molecule has 3 heterocycles. The maximum atomic E-state index is 13.2. The average Bonchev–Trinajstić information content (AvgIpc) is 3.22. The quantitative estimate of drug-likeness (QED) is 0.443. The lowest BCUT2D eigenvalue weighted by atomic mass is 9.81. The summed E-state index contributed by atoms with van der Waals surface area (Å²) < 4.78 is 18.0. The van der Waals surface area contributed by atoms with Crippen LogP contribution in [-0.4, -0.2) is 48.2 Å². The van der Waals surface area contributed by atoms with Crippen LogP contribution in [0, 0.1) is 19.8 Å². The first-order chi connectivity index (χ1) is 17.7. The number of aryl methyl sites for hydroxylation is 1. The van der Waals surface area contributed by atoms with Crippen molar-refractivity contribution in [2.75, 3.05) is 19.5 Å². The number of halogens is 1. The summed E-state index contributed by atoms with van der Waals surface area (Å²) in [6, 6.07) is 4.49. The van der Waals surface area contributed by atoms with Crippen molar-refractivity contribution in [2.45, 2.75) is 75.8 Å². The molecule has 8 nitrogen and oxygen atoms in total. The molecule has 1 aromatic carbocycles. The van der Waals surface area contributed by atoms with Gasteiger partial charge in [-0.1, -0.05) is 11.6 Å². The number of thioether (sulfide) groups is 1. The smallest absolute Gasteiger partial charge is 0.254 e. The standard InChI is InChI=1S/C27H34ClN3O5S/c1-14-9-22(37-4)20(26(33)30-14)11-29-25(32)19-10-21(28)24-23(15(19)2)35-27(3,36-24)16-5-7-17(8-6-16)31-18-12-34-13-18/h9-10,16-18,31H,5-8,11-13H2,1-4H3,(H,29,32)(H,30,33)/t16-,17-,27-/m0/s1. The summed E-state index contributed by atoms with van der Waals surface area (Å²) in [5.41, 5.74) is 2.18. The number of carbonyl (C=O) groups is 1. The number of aromatic amines is 1. The summed E-state index contributed by atoms with van der Waals surface area (Å²) in [5.74, 6) is 0.0630. The van der Waals surface area contributed by atoms with Crippen molar-refractivity contribution in [2.24, 2.45) is 5.92 Å². The minimum absolute atomic E-state index is 0.109. The number of fused-ring (bicyclic) bond motifs is 1. The van der Waals surface area contributed by atoms with Gasteiger partial charge in [-0.05, 0) is 57.9 Å². The number of amides is 1. The molecule has 2 fully saturated rings. The molecule has 1 amide bonds. The normalized spacial score (nSPS) is 25.1. The predicted octanol–water partition coefficient (Wildman–Crippen LogP) is 4.33. The van der Waals surface area contributed by atoms with Crippen LogP contribution in [0.15, 0.2) is 21.8 Å². The summed E-state index contributed by atoms with van der Waals surface area (Å²) in [5, 5.41) is 6.90. The van der Waals surface area contributed by atoms with Gasteiger partial charge < -0.3 is 29.8 Å². The summed E-state index contributed by atoms with van der Waals surface area (Å²) in [7, 11) is 0. The van der Waals surface area contributed by atoms with Gasteiger partial charge in [0.1, 0.15) is 0 Å². The molecule has 5 rings (SSSR count). The average molecular weight is 548 g/mol. The molecule has 0 bridgehead atoms. The third-order valence-corrected chi connectivity index (χ3v) is 8.83. The van der Waals surface area contributed by atoms with Crippen LogP contribution in [0.1, 0.15) is 59.8 Å². The molecule has 0 radical (unpaired) electrons. The van der Waals surface area contributed by atoms with E-state index < -0.39 is 5.79 Å². The third-order valence-electron chi connectivity index (χ3n) is 7.75. The number of nitrogens with one attached hydrogen (secondary N) is 3. The topological polar surface area (TPSA) is 102 Å². The molecule has 1 saturated heterocycles. The fourth-order valence-corrected chi connectivity index (χ4v) is 6.44. The molecule has 2 aliphatic heterocycles. The molecule has 1 aliphatic carbocycles. The van der Waals surface area contributed by atoms with Gasteiger partial charge >= 0.3 is 0 Å². The van der Waals surface area contributed by atoms with Crippen molar-refractivity contribution in [1.82, 2.24) is 15.6 Å². The van der Waals surface area contributed by atoms with Crippen LogP contribution >= 0.6 is 23.4 Å². The lowest BCUT2D eigenvalue weighted by Crippen LogP contribution is -2.53. The molecule has 1 atom stereocenters. The number of aromatic nitrogens is 1. The maximum Gasteiger partial charge on any atom is 0.254 e. The van der Waals surface area contributed by atoms with Crippen LogP contribution in [0.3, 0.4) is 0 Å². The van der Waals surface area contributed by atoms with E-state index in [2.05, 4.69) is 15.6 Å². The van der Waals surface area contributed by atoms with Gasteiger partial charge in [-0.25, -0.2) is 0 Å². The van der Waals surface area contributed by atoms with E-state index in [-0.39, 0.29) is 23.9 Å². The molecule has 3 aliphatic rings. The number of carbonyl (C=O) groups excluding carboxylic acids is 1. The van der Waals surface area contributed by atoms with E-state index in [0.717, 1.165) is 49.5 Å². The zero-order valence-corrected chi connectivity index (χ0v) is 23.2. The minimum atomic E-state index is -0.834. The zero-order chi connectivity index (χ0) is 26.3. The SMILES string of the molecule is CSc1cc(C)[nH]c(=O)c1CNC(=O)c1cc(Cl)c2c(c1C)O[C@](C)([C@H]1CC[C@H](NC3COC3)CC1)O2.